The Morgan fingerprint density at radius 1 is 1.25 bits per heavy atom. The van der Waals surface area contributed by atoms with Gasteiger partial charge in [-0.15, -0.1) is 0 Å². The smallest absolute Gasteiger partial charge is 0.374 e. The predicted octanol–water partition coefficient (Wildman–Crippen LogP) is 3.56. The number of aromatic carboxylic acids is 1. The Morgan fingerprint density at radius 3 is 2.56 bits per heavy atom. The van der Waals surface area contributed by atoms with Gasteiger partial charge in [-0.25, -0.2) is 4.79 Å². The average molecular weight is 347 g/mol. The van der Waals surface area contributed by atoms with E-state index in [1.54, 1.807) is 0 Å². The molecule has 0 aliphatic carbocycles. The van der Waals surface area contributed by atoms with Crippen molar-refractivity contribution in [2.75, 3.05) is 0 Å². The van der Waals surface area contributed by atoms with E-state index in [0.29, 0.717) is 5.69 Å². The Hall–Kier alpha value is -1.14. The van der Waals surface area contributed by atoms with E-state index in [-0.39, 0.29) is 5.76 Å². The van der Waals surface area contributed by atoms with Crippen molar-refractivity contribution in [3.8, 4) is 11.3 Å². The van der Waals surface area contributed by atoms with Gasteiger partial charge in [0.1, 0.15) is 5.69 Å². The zero-order valence-corrected chi connectivity index (χ0v) is 10.9. The van der Waals surface area contributed by atoms with Gasteiger partial charge < -0.3 is 9.63 Å². The van der Waals surface area contributed by atoms with Gasteiger partial charge in [0.2, 0.25) is 5.76 Å². The number of carboxylic acid groups (broad SMARTS) is 1. The third kappa shape index (κ3) is 2.17. The molecule has 0 bridgehead atoms. The maximum absolute atomic E-state index is 10.6. The van der Waals surface area contributed by atoms with Crippen molar-refractivity contribution in [3.05, 3.63) is 39.0 Å². The zero-order chi connectivity index (χ0) is 11.7. The fraction of sp³-hybridized carbons (Fsp3) is 0. The van der Waals surface area contributed by atoms with Crippen molar-refractivity contribution in [1.82, 2.24) is 5.16 Å². The monoisotopic (exact) mass is 345 g/mol. The normalized spacial score (nSPS) is 10.4. The molecule has 0 saturated carbocycles. The molecule has 2 aromatic rings. The molecule has 0 aliphatic heterocycles. The van der Waals surface area contributed by atoms with E-state index < -0.39 is 5.97 Å². The average Bonchev–Trinajstić information content (AvgIpc) is 2.71. The Labute approximate surface area is 108 Å². The number of nitrogens with zero attached hydrogens (tertiary/aromatic N) is 1. The molecule has 6 heteroatoms. The number of aromatic nitrogens is 1. The summed E-state index contributed by atoms with van der Waals surface area (Å²) in [5, 5.41) is 12.4. The molecule has 1 aromatic heterocycles. The van der Waals surface area contributed by atoms with Gasteiger partial charge in [0.05, 0.1) is 0 Å². The maximum Gasteiger partial charge on any atom is 0.374 e. The van der Waals surface area contributed by atoms with Crippen molar-refractivity contribution in [2.45, 2.75) is 0 Å². The van der Waals surface area contributed by atoms with Crippen LogP contribution in [0.5, 0.6) is 0 Å². The quantitative estimate of drug-likeness (QED) is 0.902. The summed E-state index contributed by atoms with van der Waals surface area (Å²) in [5.41, 5.74) is 1.27. The summed E-state index contributed by atoms with van der Waals surface area (Å²) < 4.78 is 6.45. The second kappa shape index (κ2) is 4.39. The van der Waals surface area contributed by atoms with E-state index in [4.69, 9.17) is 5.11 Å². The Kier molecular flexibility index (Phi) is 3.11. The van der Waals surface area contributed by atoms with E-state index >= 15 is 0 Å². The van der Waals surface area contributed by atoms with Crippen LogP contribution in [0.1, 0.15) is 10.6 Å². The van der Waals surface area contributed by atoms with Gasteiger partial charge in [0.15, 0.2) is 0 Å². The summed E-state index contributed by atoms with van der Waals surface area (Å²) in [4.78, 5) is 10.6. The highest BCUT2D eigenvalue weighted by Crippen LogP contribution is 2.28. The van der Waals surface area contributed by atoms with Crippen LogP contribution in [-0.2, 0) is 0 Å². The second-order valence-electron chi connectivity index (χ2n) is 3.01. The minimum atomic E-state index is -1.13. The molecular weight excluding hydrogens is 342 g/mol. The highest BCUT2D eigenvalue weighted by Gasteiger charge is 2.12. The van der Waals surface area contributed by atoms with Crippen LogP contribution in [0.15, 0.2) is 37.7 Å². The van der Waals surface area contributed by atoms with Crippen LogP contribution in [0, 0.1) is 0 Å². The van der Waals surface area contributed by atoms with Crippen LogP contribution < -0.4 is 0 Å². The molecular formula is C10H5Br2NO3. The van der Waals surface area contributed by atoms with Crippen LogP contribution in [-0.4, -0.2) is 16.2 Å². The molecule has 0 atom stereocenters. The van der Waals surface area contributed by atoms with Crippen LogP contribution in [0.4, 0.5) is 0 Å². The van der Waals surface area contributed by atoms with Gasteiger partial charge in [0.25, 0.3) is 0 Å². The first-order valence-electron chi connectivity index (χ1n) is 4.23. The SMILES string of the molecule is O=C(O)c1cc(-c2ccc(Br)c(Br)c2)no1. The van der Waals surface area contributed by atoms with E-state index in [1.165, 1.54) is 6.07 Å². The number of rotatable bonds is 2. The molecule has 0 saturated heterocycles. The first-order valence-corrected chi connectivity index (χ1v) is 5.82. The highest BCUT2D eigenvalue weighted by molar-refractivity contribution is 9.13. The largest absolute Gasteiger partial charge is 0.475 e. The summed E-state index contributed by atoms with van der Waals surface area (Å²) in [6.45, 7) is 0. The lowest BCUT2D eigenvalue weighted by Gasteiger charge is -1.98. The summed E-state index contributed by atoms with van der Waals surface area (Å²) in [6, 6.07) is 6.87. The lowest BCUT2D eigenvalue weighted by atomic mass is 10.1. The minimum Gasteiger partial charge on any atom is -0.475 e. The molecule has 4 nitrogen and oxygen atoms in total. The molecule has 1 aromatic carbocycles. The number of carboxylic acids is 1. The number of hydrogen-bond acceptors (Lipinski definition) is 3. The Morgan fingerprint density at radius 2 is 2.00 bits per heavy atom. The van der Waals surface area contributed by atoms with Gasteiger partial charge in [-0.3, -0.25) is 0 Å². The molecule has 0 unspecified atom stereocenters. The topological polar surface area (TPSA) is 63.3 Å². The molecule has 0 spiro atoms. The van der Waals surface area contributed by atoms with Crippen molar-refractivity contribution in [2.24, 2.45) is 0 Å². The first-order chi connectivity index (χ1) is 7.58. The van der Waals surface area contributed by atoms with Crippen LogP contribution in [0.25, 0.3) is 11.3 Å². The van der Waals surface area contributed by atoms with Crippen molar-refractivity contribution >= 4 is 37.8 Å². The molecule has 0 fully saturated rings. The maximum atomic E-state index is 10.6. The molecule has 16 heavy (non-hydrogen) atoms. The van der Waals surface area contributed by atoms with E-state index in [9.17, 15) is 4.79 Å². The minimum absolute atomic E-state index is 0.172. The van der Waals surface area contributed by atoms with Gasteiger partial charge >= 0.3 is 5.97 Å². The fourth-order valence-electron chi connectivity index (χ4n) is 1.17. The lowest BCUT2D eigenvalue weighted by molar-refractivity contribution is 0.0652. The summed E-state index contributed by atoms with van der Waals surface area (Å²) >= 11 is 6.70. The van der Waals surface area contributed by atoms with E-state index in [0.717, 1.165) is 14.5 Å². The molecule has 1 N–H and O–H groups in total. The number of benzene rings is 1. The van der Waals surface area contributed by atoms with Crippen LogP contribution in [0.2, 0.25) is 0 Å². The van der Waals surface area contributed by atoms with Crippen molar-refractivity contribution in [1.29, 1.82) is 0 Å². The summed E-state index contributed by atoms with van der Waals surface area (Å²) in [6.07, 6.45) is 0. The third-order valence-corrected chi connectivity index (χ3v) is 3.82. The lowest BCUT2D eigenvalue weighted by Crippen LogP contribution is -1.91. The first kappa shape index (κ1) is 11.3. The van der Waals surface area contributed by atoms with Crippen molar-refractivity contribution in [3.63, 3.8) is 0 Å². The molecule has 82 valence electrons. The van der Waals surface area contributed by atoms with E-state index in [2.05, 4.69) is 41.5 Å². The number of carbonyl (C=O) groups is 1. The highest BCUT2D eigenvalue weighted by atomic mass is 79.9. The molecule has 2 rings (SSSR count). The molecule has 1 heterocycles. The molecule has 0 radical (unpaired) electrons. The van der Waals surface area contributed by atoms with Gasteiger partial charge in [-0.05, 0) is 44.0 Å². The second-order valence-corrected chi connectivity index (χ2v) is 4.72. The summed E-state index contributed by atoms with van der Waals surface area (Å²) in [5.74, 6) is -1.30. The predicted molar refractivity (Wildman–Crippen MR) is 64.3 cm³/mol. The van der Waals surface area contributed by atoms with Gasteiger partial charge in [0, 0.05) is 20.6 Å². The Balaban J connectivity index is 2.42. The van der Waals surface area contributed by atoms with Crippen LogP contribution in [0.3, 0.4) is 0 Å². The standard InChI is InChI=1S/C10H5Br2NO3/c11-6-2-1-5(3-7(6)12)8-4-9(10(14)15)16-13-8/h1-4H,(H,14,15). The summed E-state index contributed by atoms with van der Waals surface area (Å²) in [7, 11) is 0. The Bertz CT molecular complexity index is 551. The van der Waals surface area contributed by atoms with Crippen LogP contribution >= 0.6 is 31.9 Å². The zero-order valence-electron chi connectivity index (χ0n) is 7.78. The number of halogens is 2. The van der Waals surface area contributed by atoms with Gasteiger partial charge in [-0.1, -0.05) is 11.2 Å². The molecule has 0 aliphatic rings. The molecule has 0 amide bonds. The fourth-order valence-corrected chi connectivity index (χ4v) is 1.79. The van der Waals surface area contributed by atoms with E-state index in [1.807, 2.05) is 18.2 Å². The van der Waals surface area contributed by atoms with Gasteiger partial charge in [-0.2, -0.15) is 0 Å². The number of hydrogen-bond donors (Lipinski definition) is 1. The third-order valence-electron chi connectivity index (χ3n) is 1.94. The van der Waals surface area contributed by atoms with Crippen molar-refractivity contribution < 1.29 is 14.4 Å².